The molecule has 106 valence electrons. The first-order chi connectivity index (χ1) is 10.8. The first-order valence-corrected chi connectivity index (χ1v) is 7.75. The highest BCUT2D eigenvalue weighted by atomic mass is 79.9. The van der Waals surface area contributed by atoms with Crippen molar-refractivity contribution in [3.8, 4) is 22.6 Å². The van der Waals surface area contributed by atoms with E-state index in [1.54, 1.807) is 12.4 Å². The van der Waals surface area contributed by atoms with Crippen molar-refractivity contribution in [3.63, 3.8) is 0 Å². The van der Waals surface area contributed by atoms with Crippen molar-refractivity contribution in [2.75, 3.05) is 0 Å². The third-order valence-corrected chi connectivity index (χ3v) is 4.11. The van der Waals surface area contributed by atoms with Crippen LogP contribution in [0.1, 0.15) is 0 Å². The summed E-state index contributed by atoms with van der Waals surface area (Å²) in [5, 5.41) is 1.17. The van der Waals surface area contributed by atoms with Gasteiger partial charge in [0, 0.05) is 20.9 Å². The lowest BCUT2D eigenvalue weighted by Gasteiger charge is -2.03. The summed E-state index contributed by atoms with van der Waals surface area (Å²) < 4.78 is 1.05. The topological polar surface area (TPSA) is 41.6 Å². The number of aromatic amines is 1. The number of aromatic nitrogens is 3. The van der Waals surface area contributed by atoms with Crippen molar-refractivity contribution in [1.29, 1.82) is 0 Å². The van der Waals surface area contributed by atoms with Gasteiger partial charge in [0.1, 0.15) is 5.69 Å². The minimum Gasteiger partial charge on any atom is -0.353 e. The van der Waals surface area contributed by atoms with Gasteiger partial charge in [-0.15, -0.1) is 0 Å². The van der Waals surface area contributed by atoms with Crippen LogP contribution < -0.4 is 0 Å². The molecule has 0 aliphatic rings. The molecule has 0 atom stereocenters. The van der Waals surface area contributed by atoms with Gasteiger partial charge in [0.25, 0.3) is 0 Å². The summed E-state index contributed by atoms with van der Waals surface area (Å²) in [5.74, 6) is 0. The average Bonchev–Trinajstić information content (AvgIpc) is 3.00. The van der Waals surface area contributed by atoms with Crippen molar-refractivity contribution in [1.82, 2.24) is 15.0 Å². The van der Waals surface area contributed by atoms with Crippen LogP contribution in [0.25, 0.3) is 33.5 Å². The third kappa shape index (κ3) is 2.42. The van der Waals surface area contributed by atoms with E-state index in [9.17, 15) is 0 Å². The van der Waals surface area contributed by atoms with Crippen LogP contribution in [0.4, 0.5) is 0 Å². The quantitative estimate of drug-likeness (QED) is 0.549. The second kappa shape index (κ2) is 5.39. The summed E-state index contributed by atoms with van der Waals surface area (Å²) in [7, 11) is 0. The lowest BCUT2D eigenvalue weighted by atomic mass is 10.1. The van der Waals surface area contributed by atoms with Gasteiger partial charge in [-0.1, -0.05) is 46.3 Å². The van der Waals surface area contributed by atoms with E-state index in [0.29, 0.717) is 0 Å². The molecule has 0 spiro atoms. The first kappa shape index (κ1) is 13.2. The van der Waals surface area contributed by atoms with E-state index < -0.39 is 0 Å². The zero-order valence-electron chi connectivity index (χ0n) is 11.6. The molecule has 0 amide bonds. The SMILES string of the molecule is Brc1ccc(-c2cncc(-c3cc4ccccc4[nH]3)n2)cc1. The van der Waals surface area contributed by atoms with Gasteiger partial charge in [-0.3, -0.25) is 4.98 Å². The third-order valence-electron chi connectivity index (χ3n) is 3.58. The fourth-order valence-electron chi connectivity index (χ4n) is 2.47. The van der Waals surface area contributed by atoms with E-state index in [1.165, 1.54) is 5.39 Å². The Kier molecular flexibility index (Phi) is 3.24. The number of hydrogen-bond acceptors (Lipinski definition) is 2. The largest absolute Gasteiger partial charge is 0.353 e. The van der Waals surface area contributed by atoms with Gasteiger partial charge in [-0.25, -0.2) is 4.98 Å². The van der Waals surface area contributed by atoms with E-state index in [2.05, 4.69) is 44.1 Å². The molecule has 0 unspecified atom stereocenters. The lowest BCUT2D eigenvalue weighted by molar-refractivity contribution is 1.19. The summed E-state index contributed by atoms with van der Waals surface area (Å²) in [4.78, 5) is 12.5. The van der Waals surface area contributed by atoms with E-state index in [1.807, 2.05) is 36.4 Å². The minimum absolute atomic E-state index is 0.844. The van der Waals surface area contributed by atoms with Crippen molar-refractivity contribution >= 4 is 26.8 Å². The number of para-hydroxylation sites is 1. The monoisotopic (exact) mass is 349 g/mol. The molecule has 0 radical (unpaired) electrons. The molecule has 1 N–H and O–H groups in total. The van der Waals surface area contributed by atoms with Gasteiger partial charge in [0.15, 0.2) is 0 Å². The van der Waals surface area contributed by atoms with E-state index in [-0.39, 0.29) is 0 Å². The summed E-state index contributed by atoms with van der Waals surface area (Å²) in [6, 6.07) is 18.4. The number of hydrogen-bond donors (Lipinski definition) is 1. The van der Waals surface area contributed by atoms with Crippen LogP contribution in [0, 0.1) is 0 Å². The van der Waals surface area contributed by atoms with Gasteiger partial charge in [-0.2, -0.15) is 0 Å². The molecule has 4 heteroatoms. The predicted octanol–water partition coefficient (Wildman–Crippen LogP) is 5.05. The zero-order chi connectivity index (χ0) is 14.9. The zero-order valence-corrected chi connectivity index (χ0v) is 13.2. The summed E-state index contributed by atoms with van der Waals surface area (Å²) in [6.07, 6.45) is 3.57. The maximum absolute atomic E-state index is 4.73. The smallest absolute Gasteiger partial charge is 0.105 e. The fourth-order valence-corrected chi connectivity index (χ4v) is 2.73. The molecule has 2 heterocycles. The maximum atomic E-state index is 4.73. The van der Waals surface area contributed by atoms with Crippen molar-refractivity contribution < 1.29 is 0 Å². The number of nitrogens with zero attached hydrogens (tertiary/aromatic N) is 2. The Bertz CT molecular complexity index is 909. The van der Waals surface area contributed by atoms with Crippen molar-refractivity contribution in [2.24, 2.45) is 0 Å². The Labute approximate surface area is 136 Å². The number of rotatable bonds is 2. The van der Waals surface area contributed by atoms with Gasteiger partial charge in [0.05, 0.1) is 23.8 Å². The Morgan fingerprint density at radius 3 is 2.45 bits per heavy atom. The second-order valence-electron chi connectivity index (χ2n) is 5.07. The van der Waals surface area contributed by atoms with Crippen LogP contribution in [-0.2, 0) is 0 Å². The molecule has 0 aliphatic heterocycles. The van der Waals surface area contributed by atoms with Crippen molar-refractivity contribution in [2.45, 2.75) is 0 Å². The van der Waals surface area contributed by atoms with Crippen LogP contribution in [0.15, 0.2) is 71.5 Å². The number of H-pyrrole nitrogens is 1. The Morgan fingerprint density at radius 2 is 1.64 bits per heavy atom. The fraction of sp³-hybridized carbons (Fsp3) is 0. The second-order valence-corrected chi connectivity index (χ2v) is 5.98. The molecule has 0 saturated heterocycles. The standard InChI is InChI=1S/C18H12BrN3/c19-14-7-5-12(6-8-14)17-10-20-11-18(22-17)16-9-13-3-1-2-4-15(13)21-16/h1-11,21H. The highest BCUT2D eigenvalue weighted by Crippen LogP contribution is 2.25. The summed E-state index contributed by atoms with van der Waals surface area (Å²) in [6.45, 7) is 0. The summed E-state index contributed by atoms with van der Waals surface area (Å²) >= 11 is 3.45. The van der Waals surface area contributed by atoms with Crippen LogP contribution in [0.5, 0.6) is 0 Å². The van der Waals surface area contributed by atoms with Crippen LogP contribution >= 0.6 is 15.9 Å². The molecule has 4 aromatic rings. The van der Waals surface area contributed by atoms with Gasteiger partial charge < -0.3 is 4.98 Å². The first-order valence-electron chi connectivity index (χ1n) is 6.96. The van der Waals surface area contributed by atoms with E-state index >= 15 is 0 Å². The normalized spacial score (nSPS) is 11.0. The number of benzene rings is 2. The Balaban J connectivity index is 1.79. The van der Waals surface area contributed by atoms with Gasteiger partial charge in [-0.05, 0) is 24.3 Å². The number of halogens is 1. The van der Waals surface area contributed by atoms with Gasteiger partial charge in [0.2, 0.25) is 0 Å². The number of fused-ring (bicyclic) bond motifs is 1. The number of nitrogens with one attached hydrogen (secondary N) is 1. The molecule has 0 saturated carbocycles. The molecule has 0 bridgehead atoms. The van der Waals surface area contributed by atoms with Crippen LogP contribution in [0.2, 0.25) is 0 Å². The average molecular weight is 350 g/mol. The Hall–Kier alpha value is -2.46. The van der Waals surface area contributed by atoms with E-state index in [0.717, 1.165) is 32.6 Å². The molecular formula is C18H12BrN3. The predicted molar refractivity (Wildman–Crippen MR) is 92.5 cm³/mol. The Morgan fingerprint density at radius 1 is 0.864 bits per heavy atom. The molecule has 2 aromatic heterocycles. The minimum atomic E-state index is 0.844. The molecule has 0 fully saturated rings. The van der Waals surface area contributed by atoms with Gasteiger partial charge >= 0.3 is 0 Å². The highest BCUT2D eigenvalue weighted by Gasteiger charge is 2.07. The van der Waals surface area contributed by atoms with Crippen molar-refractivity contribution in [3.05, 3.63) is 71.5 Å². The lowest BCUT2D eigenvalue weighted by Crippen LogP contribution is -1.90. The van der Waals surface area contributed by atoms with E-state index in [4.69, 9.17) is 4.98 Å². The van der Waals surface area contributed by atoms with Crippen LogP contribution in [0.3, 0.4) is 0 Å². The molecule has 4 rings (SSSR count). The molecule has 22 heavy (non-hydrogen) atoms. The molecule has 0 aliphatic carbocycles. The highest BCUT2D eigenvalue weighted by molar-refractivity contribution is 9.10. The molecule has 2 aromatic carbocycles. The molecule has 3 nitrogen and oxygen atoms in total. The molecular weight excluding hydrogens is 338 g/mol. The summed E-state index contributed by atoms with van der Waals surface area (Å²) in [5.41, 5.74) is 4.84. The maximum Gasteiger partial charge on any atom is 0.105 e. The van der Waals surface area contributed by atoms with Crippen LogP contribution in [-0.4, -0.2) is 15.0 Å².